The number of nitrogens with one attached hydrogen (secondary N) is 1. The lowest BCUT2D eigenvalue weighted by atomic mass is 10.0. The van der Waals surface area contributed by atoms with Crippen LogP contribution in [-0.4, -0.2) is 47.5 Å². The summed E-state index contributed by atoms with van der Waals surface area (Å²) in [6.07, 6.45) is 1.61. The van der Waals surface area contributed by atoms with E-state index in [0.717, 1.165) is 25.9 Å². The van der Waals surface area contributed by atoms with E-state index in [0.29, 0.717) is 20.8 Å². The SMILES string of the molecule is N/C(CN1CCC(NC(=O)c2cc(Cl)sc2Cl)CC1)=N/O. The van der Waals surface area contributed by atoms with Crippen LogP contribution < -0.4 is 11.1 Å². The van der Waals surface area contributed by atoms with Crippen LogP contribution in [0, 0.1) is 0 Å². The van der Waals surface area contributed by atoms with E-state index in [9.17, 15) is 4.79 Å². The van der Waals surface area contributed by atoms with Crippen molar-refractivity contribution < 1.29 is 10.0 Å². The third kappa shape index (κ3) is 4.47. The molecular formula is C12H16Cl2N4O2S. The molecule has 0 aromatic carbocycles. The van der Waals surface area contributed by atoms with Gasteiger partial charge >= 0.3 is 0 Å². The Morgan fingerprint density at radius 2 is 2.19 bits per heavy atom. The number of hydrogen-bond donors (Lipinski definition) is 3. The van der Waals surface area contributed by atoms with E-state index in [1.54, 1.807) is 6.07 Å². The van der Waals surface area contributed by atoms with Gasteiger partial charge in [0.2, 0.25) is 0 Å². The van der Waals surface area contributed by atoms with Crippen LogP contribution in [0.5, 0.6) is 0 Å². The molecule has 116 valence electrons. The molecule has 21 heavy (non-hydrogen) atoms. The standard InChI is InChI=1S/C12H16Cl2N4O2S/c13-9-5-8(11(14)21-9)12(19)16-7-1-3-18(4-2-7)6-10(15)17-20/h5,7,20H,1-4,6H2,(H2,15,17)(H,16,19). The summed E-state index contributed by atoms with van der Waals surface area (Å²) < 4.78 is 0.903. The van der Waals surface area contributed by atoms with Gasteiger partial charge in [0.15, 0.2) is 5.84 Å². The Balaban J connectivity index is 1.83. The highest BCUT2D eigenvalue weighted by atomic mass is 35.5. The Labute approximate surface area is 136 Å². The van der Waals surface area contributed by atoms with Crippen LogP contribution in [0.3, 0.4) is 0 Å². The molecule has 6 nitrogen and oxygen atoms in total. The monoisotopic (exact) mass is 350 g/mol. The van der Waals surface area contributed by atoms with Gasteiger partial charge in [-0.15, -0.1) is 11.3 Å². The number of amides is 1. The average molecular weight is 351 g/mol. The molecule has 2 rings (SSSR count). The van der Waals surface area contributed by atoms with E-state index in [-0.39, 0.29) is 17.8 Å². The molecule has 0 unspecified atom stereocenters. The molecule has 1 aliphatic heterocycles. The Kier molecular flexibility index (Phi) is 5.69. The molecule has 1 saturated heterocycles. The Bertz CT molecular complexity index is 541. The first-order valence-electron chi connectivity index (χ1n) is 6.44. The van der Waals surface area contributed by atoms with Crippen molar-refractivity contribution in [3.8, 4) is 0 Å². The maximum atomic E-state index is 12.1. The summed E-state index contributed by atoms with van der Waals surface area (Å²) in [4.78, 5) is 14.2. The van der Waals surface area contributed by atoms with Gasteiger partial charge in [0.1, 0.15) is 4.34 Å². The molecule has 1 fully saturated rings. The fourth-order valence-corrected chi connectivity index (χ4v) is 3.71. The zero-order valence-corrected chi connectivity index (χ0v) is 13.5. The van der Waals surface area contributed by atoms with Crippen molar-refractivity contribution in [2.45, 2.75) is 18.9 Å². The van der Waals surface area contributed by atoms with Gasteiger partial charge in [-0.05, 0) is 18.9 Å². The largest absolute Gasteiger partial charge is 0.409 e. The van der Waals surface area contributed by atoms with Gasteiger partial charge in [-0.3, -0.25) is 9.69 Å². The summed E-state index contributed by atoms with van der Waals surface area (Å²) in [5.74, 6) is -0.00443. The first-order valence-corrected chi connectivity index (χ1v) is 8.01. The second-order valence-electron chi connectivity index (χ2n) is 4.85. The predicted molar refractivity (Wildman–Crippen MR) is 84.7 cm³/mol. The maximum Gasteiger partial charge on any atom is 0.253 e. The molecule has 0 radical (unpaired) electrons. The number of piperidine rings is 1. The number of hydrogen-bond acceptors (Lipinski definition) is 5. The summed E-state index contributed by atoms with van der Waals surface area (Å²) in [5.41, 5.74) is 5.90. The molecule has 1 aromatic rings. The topological polar surface area (TPSA) is 91.0 Å². The number of amidine groups is 1. The van der Waals surface area contributed by atoms with Gasteiger partial charge in [-0.25, -0.2) is 0 Å². The van der Waals surface area contributed by atoms with Crippen molar-refractivity contribution in [2.75, 3.05) is 19.6 Å². The number of carbonyl (C=O) groups is 1. The van der Waals surface area contributed by atoms with Crippen LogP contribution in [0.25, 0.3) is 0 Å². The van der Waals surface area contributed by atoms with Crippen LogP contribution in [0.2, 0.25) is 8.67 Å². The molecule has 0 spiro atoms. The summed E-state index contributed by atoms with van der Waals surface area (Å²) >= 11 is 13.0. The summed E-state index contributed by atoms with van der Waals surface area (Å²) in [5, 5.41) is 14.5. The maximum absolute atomic E-state index is 12.1. The van der Waals surface area contributed by atoms with Crippen molar-refractivity contribution in [3.63, 3.8) is 0 Å². The second-order valence-corrected chi connectivity index (χ2v) is 7.14. The zero-order chi connectivity index (χ0) is 15.4. The molecule has 1 aromatic heterocycles. The number of halogens is 2. The molecule has 4 N–H and O–H groups in total. The predicted octanol–water partition coefficient (Wildman–Crippen LogP) is 2.00. The van der Waals surface area contributed by atoms with E-state index in [1.807, 2.05) is 0 Å². The van der Waals surface area contributed by atoms with Crippen LogP contribution in [0.15, 0.2) is 11.2 Å². The van der Waals surface area contributed by atoms with Crippen LogP contribution in [0.1, 0.15) is 23.2 Å². The fraction of sp³-hybridized carbons (Fsp3) is 0.500. The van der Waals surface area contributed by atoms with E-state index >= 15 is 0 Å². The highest BCUT2D eigenvalue weighted by Gasteiger charge is 2.23. The highest BCUT2D eigenvalue weighted by Crippen LogP contribution is 2.31. The third-order valence-electron chi connectivity index (χ3n) is 3.34. The van der Waals surface area contributed by atoms with Gasteiger partial charge in [-0.2, -0.15) is 0 Å². The number of thiophene rings is 1. The van der Waals surface area contributed by atoms with Gasteiger partial charge < -0.3 is 16.3 Å². The van der Waals surface area contributed by atoms with Gasteiger partial charge in [-0.1, -0.05) is 28.4 Å². The molecule has 0 aliphatic carbocycles. The summed E-state index contributed by atoms with van der Waals surface area (Å²) in [6, 6.07) is 1.67. The van der Waals surface area contributed by atoms with Gasteiger partial charge in [0.05, 0.1) is 16.4 Å². The molecule has 9 heteroatoms. The molecule has 2 heterocycles. The summed E-state index contributed by atoms with van der Waals surface area (Å²) in [7, 11) is 0. The van der Waals surface area contributed by atoms with Crippen molar-refractivity contribution in [1.29, 1.82) is 0 Å². The number of likely N-dealkylation sites (tertiary alicyclic amines) is 1. The minimum absolute atomic E-state index is 0.0933. The van der Waals surface area contributed by atoms with Gasteiger partial charge in [0.25, 0.3) is 5.91 Å². The number of carbonyl (C=O) groups excluding carboxylic acids is 1. The van der Waals surface area contributed by atoms with E-state index in [1.165, 1.54) is 11.3 Å². The normalized spacial score (nSPS) is 17.9. The molecular weight excluding hydrogens is 335 g/mol. The zero-order valence-electron chi connectivity index (χ0n) is 11.2. The first-order chi connectivity index (χ1) is 9.99. The second kappa shape index (κ2) is 7.31. The average Bonchev–Trinajstić information content (AvgIpc) is 2.80. The lowest BCUT2D eigenvalue weighted by molar-refractivity contribution is 0.0915. The first kappa shape index (κ1) is 16.4. The smallest absolute Gasteiger partial charge is 0.253 e. The molecule has 0 atom stereocenters. The Morgan fingerprint density at radius 1 is 1.52 bits per heavy atom. The Morgan fingerprint density at radius 3 is 2.71 bits per heavy atom. The minimum atomic E-state index is -0.196. The lowest BCUT2D eigenvalue weighted by Gasteiger charge is -2.31. The Hall–Kier alpha value is -1.02. The van der Waals surface area contributed by atoms with E-state index in [2.05, 4.69) is 15.4 Å². The van der Waals surface area contributed by atoms with Crippen molar-refractivity contribution >= 4 is 46.3 Å². The number of nitrogens with two attached hydrogens (primary N) is 1. The van der Waals surface area contributed by atoms with E-state index < -0.39 is 0 Å². The minimum Gasteiger partial charge on any atom is -0.409 e. The third-order valence-corrected chi connectivity index (χ3v) is 4.83. The quantitative estimate of drug-likeness (QED) is 0.335. The molecule has 1 amide bonds. The lowest BCUT2D eigenvalue weighted by Crippen LogP contribution is -2.46. The van der Waals surface area contributed by atoms with Crippen LogP contribution in [-0.2, 0) is 0 Å². The van der Waals surface area contributed by atoms with Crippen LogP contribution in [0.4, 0.5) is 0 Å². The van der Waals surface area contributed by atoms with Gasteiger partial charge in [0, 0.05) is 19.1 Å². The number of rotatable bonds is 4. The van der Waals surface area contributed by atoms with Crippen LogP contribution >= 0.6 is 34.5 Å². The summed E-state index contributed by atoms with van der Waals surface area (Å²) in [6.45, 7) is 1.99. The molecule has 1 aliphatic rings. The molecule has 0 bridgehead atoms. The van der Waals surface area contributed by atoms with Crippen molar-refractivity contribution in [1.82, 2.24) is 10.2 Å². The fourth-order valence-electron chi connectivity index (χ4n) is 2.25. The highest BCUT2D eigenvalue weighted by molar-refractivity contribution is 7.20. The van der Waals surface area contributed by atoms with Crippen molar-refractivity contribution in [3.05, 3.63) is 20.3 Å². The van der Waals surface area contributed by atoms with E-state index in [4.69, 9.17) is 34.1 Å². The number of nitrogens with zero attached hydrogens (tertiary/aromatic N) is 2. The van der Waals surface area contributed by atoms with Crippen molar-refractivity contribution in [2.24, 2.45) is 10.9 Å². The molecule has 0 saturated carbocycles. The number of oxime groups is 1.